The van der Waals surface area contributed by atoms with Gasteiger partial charge in [0.05, 0.1) is 0 Å². The second kappa shape index (κ2) is 9.47. The molecule has 0 bridgehead atoms. The Kier molecular flexibility index (Phi) is 5.47. The monoisotopic (exact) mass is 520 g/mol. The van der Waals surface area contributed by atoms with Crippen LogP contribution in [0.1, 0.15) is 5.56 Å². The molecule has 192 valence electrons. The van der Waals surface area contributed by atoms with E-state index in [4.69, 9.17) is 0 Å². The van der Waals surface area contributed by atoms with Gasteiger partial charge in [0, 0.05) is 0 Å². The maximum absolute atomic E-state index is 2.34. The van der Waals surface area contributed by atoms with Crippen LogP contribution in [0.4, 0.5) is 0 Å². The molecule has 8 aromatic rings. The Labute approximate surface area is 240 Å². The summed E-state index contributed by atoms with van der Waals surface area (Å²) >= 11 is 0. The van der Waals surface area contributed by atoms with Gasteiger partial charge in [-0.05, 0) is 95.0 Å². The van der Waals surface area contributed by atoms with E-state index in [1.165, 1.54) is 82.0 Å². The third-order valence-corrected chi connectivity index (χ3v) is 8.60. The van der Waals surface area contributed by atoms with Gasteiger partial charge in [-0.25, -0.2) is 0 Å². The highest BCUT2D eigenvalue weighted by Gasteiger charge is 2.19. The third-order valence-electron chi connectivity index (χ3n) is 8.60. The van der Waals surface area contributed by atoms with E-state index < -0.39 is 0 Å². The van der Waals surface area contributed by atoms with E-state index in [0.29, 0.717) is 0 Å². The zero-order chi connectivity index (χ0) is 27.3. The summed E-state index contributed by atoms with van der Waals surface area (Å²) in [5.41, 5.74) is 8.99. The first-order chi connectivity index (χ1) is 20.3. The van der Waals surface area contributed by atoms with Crippen LogP contribution in [0.5, 0.6) is 0 Å². The molecular weight excluding hydrogens is 492 g/mol. The second-order valence-electron chi connectivity index (χ2n) is 10.9. The molecule has 0 amide bonds. The van der Waals surface area contributed by atoms with Crippen LogP contribution in [0.15, 0.2) is 152 Å². The topological polar surface area (TPSA) is 0 Å². The van der Waals surface area contributed by atoms with Crippen LogP contribution in [-0.2, 0) is 0 Å². The molecule has 0 heteroatoms. The first kappa shape index (κ1) is 23.7. The Morgan fingerprint density at radius 3 is 1.46 bits per heavy atom. The van der Waals surface area contributed by atoms with Gasteiger partial charge in [0.2, 0.25) is 0 Å². The predicted octanol–water partition coefficient (Wildman–Crippen LogP) is 11.6. The van der Waals surface area contributed by atoms with E-state index in [0.717, 1.165) is 0 Å². The summed E-state index contributed by atoms with van der Waals surface area (Å²) in [6.07, 6.45) is 0. The molecule has 0 nitrogen and oxygen atoms in total. The van der Waals surface area contributed by atoms with Gasteiger partial charge in [-0.3, -0.25) is 0 Å². The molecule has 41 heavy (non-hydrogen) atoms. The number of fused-ring (bicyclic) bond motifs is 4. The van der Waals surface area contributed by atoms with E-state index in [-0.39, 0.29) is 0 Å². The Balaban J connectivity index is 1.48. The zero-order valence-electron chi connectivity index (χ0n) is 22.9. The lowest BCUT2D eigenvalue weighted by Crippen LogP contribution is -1.93. The molecule has 0 aliphatic heterocycles. The van der Waals surface area contributed by atoms with Crippen LogP contribution in [0, 0.1) is 6.92 Å². The largest absolute Gasteiger partial charge is 0.0620 e. The van der Waals surface area contributed by atoms with Crippen molar-refractivity contribution in [3.63, 3.8) is 0 Å². The van der Waals surface area contributed by atoms with Crippen LogP contribution >= 0.6 is 0 Å². The lowest BCUT2D eigenvalue weighted by Gasteiger charge is -2.20. The van der Waals surface area contributed by atoms with E-state index in [9.17, 15) is 0 Å². The molecule has 0 heterocycles. The SMILES string of the molecule is Cc1ccccc1-c1ccc(-c2c3ccccc3c(-c3ccc4ccccc4c3)c3ccccc23)c2ccccc12. The lowest BCUT2D eigenvalue weighted by atomic mass is 9.83. The lowest BCUT2D eigenvalue weighted by molar-refractivity contribution is 1.47. The van der Waals surface area contributed by atoms with Crippen molar-refractivity contribution in [2.75, 3.05) is 0 Å². The fourth-order valence-electron chi connectivity index (χ4n) is 6.70. The van der Waals surface area contributed by atoms with Crippen LogP contribution in [0.2, 0.25) is 0 Å². The summed E-state index contributed by atoms with van der Waals surface area (Å²) in [5, 5.41) is 10.2. The Morgan fingerprint density at radius 1 is 0.317 bits per heavy atom. The maximum Gasteiger partial charge on any atom is -0.00201 e. The molecule has 0 aliphatic carbocycles. The van der Waals surface area contributed by atoms with Crippen LogP contribution in [0.25, 0.3) is 76.5 Å². The molecule has 0 aliphatic rings. The van der Waals surface area contributed by atoms with Gasteiger partial charge in [0.1, 0.15) is 0 Å². The number of benzene rings is 8. The molecule has 0 spiro atoms. The molecule has 8 aromatic carbocycles. The van der Waals surface area contributed by atoms with Crippen molar-refractivity contribution >= 4 is 43.1 Å². The van der Waals surface area contributed by atoms with Gasteiger partial charge in [0.15, 0.2) is 0 Å². The molecule has 0 N–H and O–H groups in total. The summed E-state index contributed by atoms with van der Waals surface area (Å²) in [4.78, 5) is 0. The quantitative estimate of drug-likeness (QED) is 0.203. The number of aryl methyl sites for hydroxylation is 1. The average Bonchev–Trinajstić information content (AvgIpc) is 3.03. The van der Waals surface area contributed by atoms with Crippen molar-refractivity contribution in [2.45, 2.75) is 6.92 Å². The van der Waals surface area contributed by atoms with Gasteiger partial charge >= 0.3 is 0 Å². The van der Waals surface area contributed by atoms with E-state index >= 15 is 0 Å². The number of hydrogen-bond acceptors (Lipinski definition) is 0. The fourth-order valence-corrected chi connectivity index (χ4v) is 6.70. The van der Waals surface area contributed by atoms with Gasteiger partial charge < -0.3 is 0 Å². The van der Waals surface area contributed by atoms with E-state index in [1.54, 1.807) is 0 Å². The summed E-state index contributed by atoms with van der Waals surface area (Å²) in [6.45, 7) is 2.20. The smallest absolute Gasteiger partial charge is 0.00201 e. The van der Waals surface area contributed by atoms with E-state index in [1.807, 2.05) is 0 Å². The highest BCUT2D eigenvalue weighted by Crippen LogP contribution is 2.46. The molecule has 8 rings (SSSR count). The van der Waals surface area contributed by atoms with Gasteiger partial charge in [-0.15, -0.1) is 0 Å². The van der Waals surface area contributed by atoms with Gasteiger partial charge in [-0.1, -0.05) is 146 Å². The number of rotatable bonds is 3. The normalized spacial score (nSPS) is 11.5. The van der Waals surface area contributed by atoms with Crippen molar-refractivity contribution in [1.82, 2.24) is 0 Å². The standard InChI is InChI=1S/C41H28/c1-27-12-2-5-15-31(27)34-24-25-39(33-17-7-6-16-32(33)34)41-37-20-10-8-18-35(37)40(36-19-9-11-21-38(36)41)30-23-22-28-13-3-4-14-29(28)26-30/h2-26H,1H3. The van der Waals surface area contributed by atoms with Crippen molar-refractivity contribution in [2.24, 2.45) is 0 Å². The fraction of sp³-hybridized carbons (Fsp3) is 0.0244. The maximum atomic E-state index is 2.34. The van der Waals surface area contributed by atoms with Crippen LogP contribution in [0.3, 0.4) is 0 Å². The summed E-state index contributed by atoms with van der Waals surface area (Å²) in [6, 6.07) is 55.6. The molecule has 0 fully saturated rings. The first-order valence-corrected chi connectivity index (χ1v) is 14.3. The van der Waals surface area contributed by atoms with Crippen LogP contribution < -0.4 is 0 Å². The second-order valence-corrected chi connectivity index (χ2v) is 10.9. The van der Waals surface area contributed by atoms with Crippen molar-refractivity contribution in [1.29, 1.82) is 0 Å². The summed E-state index contributed by atoms with van der Waals surface area (Å²) in [7, 11) is 0. The predicted molar refractivity (Wildman–Crippen MR) is 178 cm³/mol. The Bertz CT molecular complexity index is 2210. The average molecular weight is 521 g/mol. The van der Waals surface area contributed by atoms with E-state index in [2.05, 4.69) is 159 Å². The molecular formula is C41H28. The van der Waals surface area contributed by atoms with Gasteiger partial charge in [-0.2, -0.15) is 0 Å². The van der Waals surface area contributed by atoms with Crippen molar-refractivity contribution in [3.05, 3.63) is 157 Å². The Hall–Kier alpha value is -5.20. The van der Waals surface area contributed by atoms with Crippen LogP contribution in [-0.4, -0.2) is 0 Å². The summed E-state index contributed by atoms with van der Waals surface area (Å²) < 4.78 is 0. The van der Waals surface area contributed by atoms with Crippen molar-refractivity contribution in [3.8, 4) is 33.4 Å². The zero-order valence-corrected chi connectivity index (χ0v) is 22.9. The minimum absolute atomic E-state index is 1.25. The molecule has 0 unspecified atom stereocenters. The minimum atomic E-state index is 1.25. The molecule has 0 saturated heterocycles. The number of hydrogen-bond donors (Lipinski definition) is 0. The summed E-state index contributed by atoms with van der Waals surface area (Å²) in [5.74, 6) is 0. The Morgan fingerprint density at radius 2 is 0.805 bits per heavy atom. The molecule has 0 saturated carbocycles. The van der Waals surface area contributed by atoms with Crippen molar-refractivity contribution < 1.29 is 0 Å². The highest BCUT2D eigenvalue weighted by atomic mass is 14.2. The highest BCUT2D eigenvalue weighted by molar-refractivity contribution is 6.24. The minimum Gasteiger partial charge on any atom is -0.0620 e. The molecule has 0 radical (unpaired) electrons. The van der Waals surface area contributed by atoms with Gasteiger partial charge in [0.25, 0.3) is 0 Å². The first-order valence-electron chi connectivity index (χ1n) is 14.3. The molecule has 0 aromatic heterocycles. The molecule has 0 atom stereocenters. The third kappa shape index (κ3) is 3.76.